The van der Waals surface area contributed by atoms with E-state index in [2.05, 4.69) is 5.32 Å². The predicted octanol–water partition coefficient (Wildman–Crippen LogP) is 6.54. The van der Waals surface area contributed by atoms with Gasteiger partial charge in [-0.2, -0.15) is 13.2 Å². The van der Waals surface area contributed by atoms with Crippen molar-refractivity contribution in [1.82, 2.24) is 0 Å². The first-order valence-electron chi connectivity index (χ1n) is 8.35. The van der Waals surface area contributed by atoms with E-state index >= 15 is 0 Å². The lowest BCUT2D eigenvalue weighted by Gasteiger charge is -2.13. The number of anilines is 1. The molecule has 3 aromatic carbocycles. The molecule has 0 aliphatic rings. The molecule has 0 atom stereocenters. The Hall–Kier alpha value is -3.05. The maximum absolute atomic E-state index is 13.0. The molecule has 0 saturated carbocycles. The Morgan fingerprint density at radius 1 is 0.893 bits per heavy atom. The minimum Gasteiger partial charge on any atom is -0.321 e. The molecule has 0 spiro atoms. The molecule has 0 aliphatic carbocycles. The van der Waals surface area contributed by atoms with Gasteiger partial charge >= 0.3 is 6.18 Å². The Morgan fingerprint density at radius 2 is 1.50 bits per heavy atom. The van der Waals surface area contributed by atoms with Crippen LogP contribution in [-0.4, -0.2) is 5.91 Å². The molecule has 3 rings (SSSR count). The van der Waals surface area contributed by atoms with E-state index in [-0.39, 0.29) is 10.7 Å². The molecule has 0 bridgehead atoms. The van der Waals surface area contributed by atoms with Gasteiger partial charge in [-0.15, -0.1) is 0 Å². The highest BCUT2D eigenvalue weighted by Crippen LogP contribution is 2.34. The summed E-state index contributed by atoms with van der Waals surface area (Å²) in [7, 11) is 0. The van der Waals surface area contributed by atoms with Crippen molar-refractivity contribution in [3.63, 3.8) is 0 Å². The third kappa shape index (κ3) is 4.81. The average Bonchev–Trinajstić information content (AvgIpc) is 2.68. The second-order valence-corrected chi connectivity index (χ2v) is 6.39. The first-order chi connectivity index (χ1) is 13.3. The summed E-state index contributed by atoms with van der Waals surface area (Å²) in [6.07, 6.45) is -2.86. The number of amides is 1. The largest absolute Gasteiger partial charge is 0.416 e. The highest BCUT2D eigenvalue weighted by Gasteiger charge is 2.31. The van der Waals surface area contributed by atoms with Crippen LogP contribution in [-0.2, 0) is 11.0 Å². The number of halogens is 4. The summed E-state index contributed by atoms with van der Waals surface area (Å²) >= 11 is 6.00. The maximum Gasteiger partial charge on any atom is 0.416 e. The second-order valence-electron chi connectivity index (χ2n) is 5.98. The second kappa shape index (κ2) is 8.31. The molecule has 2 nitrogen and oxygen atoms in total. The molecular formula is C22H15ClF3NO. The van der Waals surface area contributed by atoms with Gasteiger partial charge < -0.3 is 5.32 Å². The molecule has 6 heteroatoms. The van der Waals surface area contributed by atoms with Gasteiger partial charge in [-0.3, -0.25) is 4.79 Å². The summed E-state index contributed by atoms with van der Waals surface area (Å²) in [5.41, 5.74) is 0.732. The Morgan fingerprint density at radius 3 is 2.11 bits per heavy atom. The van der Waals surface area contributed by atoms with Gasteiger partial charge in [0.05, 0.1) is 16.3 Å². The van der Waals surface area contributed by atoms with Crippen molar-refractivity contribution in [2.75, 3.05) is 5.32 Å². The molecule has 0 unspecified atom stereocenters. The lowest BCUT2D eigenvalue weighted by Crippen LogP contribution is -2.15. The van der Waals surface area contributed by atoms with Gasteiger partial charge in [-0.1, -0.05) is 72.3 Å². The van der Waals surface area contributed by atoms with Crippen LogP contribution in [0.4, 0.5) is 18.9 Å². The van der Waals surface area contributed by atoms with Gasteiger partial charge in [0, 0.05) is 5.57 Å². The highest BCUT2D eigenvalue weighted by molar-refractivity contribution is 6.35. The van der Waals surface area contributed by atoms with Crippen molar-refractivity contribution in [2.45, 2.75) is 6.18 Å². The minimum absolute atomic E-state index is 0.0217. The molecule has 0 aromatic heterocycles. The number of rotatable bonds is 4. The van der Waals surface area contributed by atoms with Crippen LogP contribution in [0.5, 0.6) is 0 Å². The number of benzene rings is 3. The molecule has 1 amide bonds. The Kier molecular flexibility index (Phi) is 5.85. The van der Waals surface area contributed by atoms with E-state index in [0.29, 0.717) is 11.1 Å². The Balaban J connectivity index is 1.98. The summed E-state index contributed by atoms with van der Waals surface area (Å²) in [5.74, 6) is -0.559. The highest BCUT2D eigenvalue weighted by atomic mass is 35.5. The van der Waals surface area contributed by atoms with Crippen LogP contribution in [0.2, 0.25) is 5.02 Å². The quantitative estimate of drug-likeness (QED) is 0.390. The van der Waals surface area contributed by atoms with Crippen molar-refractivity contribution < 1.29 is 18.0 Å². The summed E-state index contributed by atoms with van der Waals surface area (Å²) in [5, 5.41) is 2.52. The van der Waals surface area contributed by atoms with Crippen LogP contribution in [0.1, 0.15) is 16.7 Å². The molecule has 0 saturated heterocycles. The molecule has 0 aliphatic heterocycles. The third-order valence-electron chi connectivity index (χ3n) is 3.98. The van der Waals surface area contributed by atoms with Gasteiger partial charge in [0.2, 0.25) is 0 Å². The van der Waals surface area contributed by atoms with Crippen molar-refractivity contribution in [2.24, 2.45) is 0 Å². The van der Waals surface area contributed by atoms with Crippen LogP contribution in [0.3, 0.4) is 0 Å². The lowest BCUT2D eigenvalue weighted by atomic mass is 10.0. The zero-order valence-electron chi connectivity index (χ0n) is 14.5. The normalized spacial score (nSPS) is 11.9. The Labute approximate surface area is 165 Å². The zero-order chi connectivity index (χ0) is 20.1. The fraction of sp³-hybridized carbons (Fsp3) is 0.0455. The number of hydrogen-bond donors (Lipinski definition) is 1. The number of carbonyl (C=O) groups excluding carboxylic acids is 1. The van der Waals surface area contributed by atoms with Crippen molar-refractivity contribution in [3.8, 4) is 0 Å². The topological polar surface area (TPSA) is 29.1 Å². The van der Waals surface area contributed by atoms with Crippen molar-refractivity contribution >= 4 is 34.8 Å². The van der Waals surface area contributed by atoms with E-state index in [9.17, 15) is 18.0 Å². The maximum atomic E-state index is 13.0. The lowest BCUT2D eigenvalue weighted by molar-refractivity contribution is -0.137. The summed E-state index contributed by atoms with van der Waals surface area (Å²) in [6, 6.07) is 20.8. The van der Waals surface area contributed by atoms with E-state index in [1.54, 1.807) is 30.3 Å². The summed E-state index contributed by atoms with van der Waals surface area (Å²) in [6.45, 7) is 0. The third-order valence-corrected chi connectivity index (χ3v) is 4.31. The summed E-state index contributed by atoms with van der Waals surface area (Å²) < 4.78 is 38.9. The van der Waals surface area contributed by atoms with Crippen LogP contribution in [0.15, 0.2) is 78.9 Å². The van der Waals surface area contributed by atoms with E-state index in [1.165, 1.54) is 0 Å². The van der Waals surface area contributed by atoms with Crippen molar-refractivity contribution in [1.29, 1.82) is 0 Å². The van der Waals surface area contributed by atoms with Crippen molar-refractivity contribution in [3.05, 3.63) is 101 Å². The fourth-order valence-corrected chi connectivity index (χ4v) is 2.77. The van der Waals surface area contributed by atoms with Crippen LogP contribution >= 0.6 is 11.6 Å². The van der Waals surface area contributed by atoms with Gasteiger partial charge in [0.1, 0.15) is 0 Å². The van der Waals surface area contributed by atoms with Gasteiger partial charge in [0.15, 0.2) is 0 Å². The van der Waals surface area contributed by atoms with Crippen LogP contribution in [0.25, 0.3) is 11.6 Å². The molecule has 0 fully saturated rings. The smallest absolute Gasteiger partial charge is 0.321 e. The van der Waals surface area contributed by atoms with Gasteiger partial charge in [-0.05, 0) is 35.4 Å². The molecule has 3 aromatic rings. The number of carbonyl (C=O) groups is 1. The SMILES string of the molecule is O=C(Nc1cc(C(F)(F)F)ccc1Cl)/C(=C/c1ccccc1)c1ccccc1. The van der Waals surface area contributed by atoms with Gasteiger partial charge in [-0.25, -0.2) is 0 Å². The molecule has 28 heavy (non-hydrogen) atoms. The zero-order valence-corrected chi connectivity index (χ0v) is 15.3. The first kappa shape index (κ1) is 19.7. The van der Waals surface area contributed by atoms with E-state index < -0.39 is 17.6 Å². The fourth-order valence-electron chi connectivity index (χ4n) is 2.60. The van der Waals surface area contributed by atoms with Gasteiger partial charge in [0.25, 0.3) is 5.91 Å². The van der Waals surface area contributed by atoms with Crippen LogP contribution in [0, 0.1) is 0 Å². The number of hydrogen-bond acceptors (Lipinski definition) is 1. The number of nitrogens with one attached hydrogen (secondary N) is 1. The molecule has 0 radical (unpaired) electrons. The number of alkyl halides is 3. The standard InChI is InChI=1S/C22H15ClF3NO/c23-19-12-11-17(22(24,25)26)14-20(19)27-21(28)18(16-9-5-2-6-10-16)13-15-7-3-1-4-8-15/h1-14H,(H,27,28)/b18-13+. The monoisotopic (exact) mass is 401 g/mol. The average molecular weight is 402 g/mol. The molecular weight excluding hydrogens is 387 g/mol. The van der Waals surface area contributed by atoms with E-state index in [1.807, 2.05) is 36.4 Å². The minimum atomic E-state index is -4.54. The van der Waals surface area contributed by atoms with E-state index in [0.717, 1.165) is 23.8 Å². The molecule has 142 valence electrons. The van der Waals surface area contributed by atoms with E-state index in [4.69, 9.17) is 11.6 Å². The Bertz CT molecular complexity index is 999. The first-order valence-corrected chi connectivity index (χ1v) is 8.72. The molecule has 0 heterocycles. The van der Waals surface area contributed by atoms with Crippen LogP contribution < -0.4 is 5.32 Å². The molecule has 1 N–H and O–H groups in total. The predicted molar refractivity (Wildman–Crippen MR) is 106 cm³/mol. The summed E-state index contributed by atoms with van der Waals surface area (Å²) in [4.78, 5) is 12.9.